The summed E-state index contributed by atoms with van der Waals surface area (Å²) in [5, 5.41) is 7.63. The van der Waals surface area contributed by atoms with Gasteiger partial charge in [-0.25, -0.2) is 22.8 Å². The quantitative estimate of drug-likeness (QED) is 0.210. The van der Waals surface area contributed by atoms with E-state index in [4.69, 9.17) is 21.1 Å². The number of aromatic nitrogens is 3. The van der Waals surface area contributed by atoms with Crippen molar-refractivity contribution >= 4 is 43.8 Å². The lowest BCUT2D eigenvalue weighted by Gasteiger charge is -2.28. The first-order valence-corrected chi connectivity index (χ1v) is 15.4. The first kappa shape index (κ1) is 28.7. The number of hydrogen-bond donors (Lipinski definition) is 2. The number of benzene rings is 2. The van der Waals surface area contributed by atoms with Gasteiger partial charge in [0.1, 0.15) is 40.2 Å². The van der Waals surface area contributed by atoms with E-state index in [1.165, 1.54) is 24.7 Å². The van der Waals surface area contributed by atoms with Gasteiger partial charge in [0, 0.05) is 36.7 Å². The van der Waals surface area contributed by atoms with E-state index in [0.29, 0.717) is 59.3 Å². The van der Waals surface area contributed by atoms with Gasteiger partial charge in [-0.05, 0) is 54.6 Å². The second-order valence-corrected chi connectivity index (χ2v) is 12.5. The van der Waals surface area contributed by atoms with E-state index in [-0.39, 0.29) is 18.2 Å². The third-order valence-corrected chi connectivity index (χ3v) is 7.90. The smallest absolute Gasteiger partial charge is 0.154 e. The van der Waals surface area contributed by atoms with Gasteiger partial charge in [-0.15, -0.1) is 0 Å². The molecule has 0 spiro atoms. The van der Waals surface area contributed by atoms with Crippen LogP contribution >= 0.6 is 11.6 Å². The van der Waals surface area contributed by atoms with E-state index in [2.05, 4.69) is 25.6 Å². The molecule has 12 heteroatoms. The molecule has 0 radical (unpaired) electrons. The summed E-state index contributed by atoms with van der Waals surface area (Å²) in [5.41, 5.74) is 2.07. The van der Waals surface area contributed by atoms with Crippen molar-refractivity contribution in [2.75, 3.05) is 30.4 Å². The number of halogens is 2. The van der Waals surface area contributed by atoms with Crippen molar-refractivity contribution < 1.29 is 22.3 Å². The Bertz CT molecular complexity index is 1680. The van der Waals surface area contributed by atoms with Gasteiger partial charge in [0.2, 0.25) is 0 Å². The molecule has 2 aromatic carbocycles. The molecule has 214 valence electrons. The van der Waals surface area contributed by atoms with Crippen molar-refractivity contribution in [1.29, 1.82) is 0 Å². The molecule has 0 amide bonds. The number of hydrogen-bond acceptors (Lipinski definition) is 9. The molecule has 4 aromatic rings. The van der Waals surface area contributed by atoms with Crippen molar-refractivity contribution in [3.63, 3.8) is 0 Å². The molecule has 0 saturated carbocycles. The van der Waals surface area contributed by atoms with Crippen LogP contribution in [0, 0.1) is 5.82 Å². The summed E-state index contributed by atoms with van der Waals surface area (Å²) >= 11 is 6.49. The standard InChI is InChI=1S/C29H29ClFN5O4S/c1-41(37,38)13-11-32-10-9-29(8-3-12-40-29)27-16-23-25(17-33-27)34-19-35-28(23)36-22-6-7-26(24(30)15-22)39-18-20-4-2-5-21(31)14-20/h2-7,12,14-17,19,32H,8-11,13,18H2,1H3,(H,34,35,36). The van der Waals surface area contributed by atoms with E-state index in [9.17, 15) is 12.8 Å². The molecule has 1 aliphatic rings. The van der Waals surface area contributed by atoms with E-state index < -0.39 is 15.4 Å². The molecule has 2 aromatic heterocycles. The SMILES string of the molecule is CS(=O)(=O)CCNCCC1(c2cc3c(Nc4ccc(OCc5cccc(F)c5)c(Cl)c4)ncnc3cn2)CC=CO1. The largest absolute Gasteiger partial charge is 0.489 e. The van der Waals surface area contributed by atoms with Crippen LogP contribution in [0.3, 0.4) is 0 Å². The minimum absolute atomic E-state index is 0.0732. The zero-order valence-electron chi connectivity index (χ0n) is 22.3. The molecular weight excluding hydrogens is 569 g/mol. The first-order valence-electron chi connectivity index (χ1n) is 13.0. The summed E-state index contributed by atoms with van der Waals surface area (Å²) < 4.78 is 48.2. The van der Waals surface area contributed by atoms with Gasteiger partial charge in [-0.1, -0.05) is 23.7 Å². The lowest BCUT2D eigenvalue weighted by atomic mass is 9.91. The minimum atomic E-state index is -3.03. The Balaban J connectivity index is 1.32. The third-order valence-electron chi connectivity index (χ3n) is 6.66. The van der Waals surface area contributed by atoms with Crippen molar-refractivity contribution in [2.24, 2.45) is 0 Å². The van der Waals surface area contributed by atoms with Crippen LogP contribution in [0.1, 0.15) is 24.1 Å². The van der Waals surface area contributed by atoms with E-state index in [1.807, 2.05) is 18.2 Å². The molecule has 0 fully saturated rings. The molecule has 41 heavy (non-hydrogen) atoms. The molecule has 1 unspecified atom stereocenters. The Morgan fingerprint density at radius 3 is 2.76 bits per heavy atom. The normalized spacial score (nSPS) is 16.6. The van der Waals surface area contributed by atoms with Gasteiger partial charge in [0.05, 0.1) is 34.4 Å². The Kier molecular flexibility index (Phi) is 8.67. The molecule has 0 saturated heterocycles. The van der Waals surface area contributed by atoms with Crippen LogP contribution in [0.2, 0.25) is 5.02 Å². The lowest BCUT2D eigenvalue weighted by molar-refractivity contribution is 0.0288. The lowest BCUT2D eigenvalue weighted by Crippen LogP contribution is -2.32. The number of ether oxygens (including phenoxy) is 2. The van der Waals surface area contributed by atoms with Crippen molar-refractivity contribution in [2.45, 2.75) is 25.0 Å². The summed E-state index contributed by atoms with van der Waals surface area (Å²) in [6, 6.07) is 13.4. The second kappa shape index (κ2) is 12.4. The van der Waals surface area contributed by atoms with Crippen LogP contribution in [0.5, 0.6) is 5.75 Å². The zero-order chi connectivity index (χ0) is 28.9. The van der Waals surface area contributed by atoms with E-state index in [1.54, 1.807) is 36.7 Å². The topological polar surface area (TPSA) is 115 Å². The highest BCUT2D eigenvalue weighted by molar-refractivity contribution is 7.90. The van der Waals surface area contributed by atoms with Crippen LogP contribution in [0.4, 0.5) is 15.9 Å². The highest BCUT2D eigenvalue weighted by Gasteiger charge is 2.36. The van der Waals surface area contributed by atoms with Gasteiger partial charge in [0.15, 0.2) is 5.60 Å². The fourth-order valence-corrected chi connectivity index (χ4v) is 5.27. The predicted octanol–water partition coefficient (Wildman–Crippen LogP) is 5.29. The number of fused-ring (bicyclic) bond motifs is 1. The van der Waals surface area contributed by atoms with Gasteiger partial charge in [-0.3, -0.25) is 4.98 Å². The summed E-state index contributed by atoms with van der Waals surface area (Å²) in [7, 11) is -3.03. The van der Waals surface area contributed by atoms with Crippen LogP contribution < -0.4 is 15.4 Å². The molecule has 1 atom stereocenters. The third kappa shape index (κ3) is 7.29. The monoisotopic (exact) mass is 597 g/mol. The van der Waals surface area contributed by atoms with Crippen molar-refractivity contribution in [3.8, 4) is 5.75 Å². The van der Waals surface area contributed by atoms with E-state index >= 15 is 0 Å². The van der Waals surface area contributed by atoms with Crippen molar-refractivity contribution in [3.05, 3.63) is 95.5 Å². The summed E-state index contributed by atoms with van der Waals surface area (Å²) in [4.78, 5) is 13.5. The average Bonchev–Trinajstić information content (AvgIpc) is 3.42. The number of nitrogens with one attached hydrogen (secondary N) is 2. The molecule has 3 heterocycles. The Labute approximate surface area is 242 Å². The van der Waals surface area contributed by atoms with Crippen molar-refractivity contribution in [1.82, 2.24) is 20.3 Å². The molecule has 9 nitrogen and oxygen atoms in total. The molecule has 2 N–H and O–H groups in total. The highest BCUT2D eigenvalue weighted by atomic mass is 35.5. The van der Waals surface area contributed by atoms with Crippen LogP contribution in [-0.2, 0) is 26.8 Å². The number of anilines is 2. The fraction of sp³-hybridized carbons (Fsp3) is 0.276. The van der Waals surface area contributed by atoms with Gasteiger partial charge in [-0.2, -0.15) is 0 Å². The summed E-state index contributed by atoms with van der Waals surface area (Å²) in [5.74, 6) is 0.785. The van der Waals surface area contributed by atoms with Gasteiger partial charge < -0.3 is 20.1 Å². The van der Waals surface area contributed by atoms with E-state index in [0.717, 1.165) is 11.1 Å². The number of rotatable bonds is 12. The molecular formula is C29H29ClFN5O4S. The summed E-state index contributed by atoms with van der Waals surface area (Å²) in [6.07, 6.45) is 9.20. The fourth-order valence-electron chi connectivity index (χ4n) is 4.52. The zero-order valence-corrected chi connectivity index (χ0v) is 23.9. The van der Waals surface area contributed by atoms with Gasteiger partial charge >= 0.3 is 0 Å². The molecule has 1 aliphatic heterocycles. The highest BCUT2D eigenvalue weighted by Crippen LogP contribution is 2.38. The first-order chi connectivity index (χ1) is 19.7. The second-order valence-electron chi connectivity index (χ2n) is 9.82. The van der Waals surface area contributed by atoms with Crippen LogP contribution in [-0.4, -0.2) is 48.5 Å². The Morgan fingerprint density at radius 1 is 1.12 bits per heavy atom. The predicted molar refractivity (Wildman–Crippen MR) is 157 cm³/mol. The Morgan fingerprint density at radius 2 is 2.00 bits per heavy atom. The maximum atomic E-state index is 13.5. The van der Waals surface area contributed by atoms with Crippen LogP contribution in [0.25, 0.3) is 10.9 Å². The van der Waals surface area contributed by atoms with Gasteiger partial charge in [0.25, 0.3) is 0 Å². The number of nitrogens with zero attached hydrogens (tertiary/aromatic N) is 3. The van der Waals surface area contributed by atoms with Crippen LogP contribution in [0.15, 0.2) is 73.4 Å². The molecule has 0 bridgehead atoms. The number of pyridine rings is 1. The maximum Gasteiger partial charge on any atom is 0.154 e. The minimum Gasteiger partial charge on any atom is -0.489 e. The maximum absolute atomic E-state index is 13.5. The average molecular weight is 598 g/mol. The Hall–Kier alpha value is -3.80. The molecule has 0 aliphatic carbocycles. The molecule has 5 rings (SSSR count). The summed E-state index contributed by atoms with van der Waals surface area (Å²) in [6.45, 7) is 1.11. The number of sulfone groups is 1.